The number of methoxy groups -OCH3 is 1. The first-order valence-electron chi connectivity index (χ1n) is 4.98. The second-order valence-corrected chi connectivity index (χ2v) is 3.60. The number of hydrogen-bond acceptors (Lipinski definition) is 4. The van der Waals surface area contributed by atoms with Crippen molar-refractivity contribution in [2.45, 2.75) is 6.54 Å². The summed E-state index contributed by atoms with van der Waals surface area (Å²) in [5.74, 6) is 0.603. The fourth-order valence-electron chi connectivity index (χ4n) is 1.50. The lowest BCUT2D eigenvalue weighted by Gasteiger charge is -2.02. The molecule has 86 valence electrons. The molecule has 6 nitrogen and oxygen atoms in total. The molecule has 2 aromatic rings. The van der Waals surface area contributed by atoms with E-state index >= 15 is 0 Å². The van der Waals surface area contributed by atoms with Gasteiger partial charge in [0.1, 0.15) is 5.69 Å². The van der Waals surface area contributed by atoms with Crippen LogP contribution in [0.15, 0.2) is 18.6 Å². The Morgan fingerprint density at radius 1 is 1.31 bits per heavy atom. The standard InChI is InChI=1S/C10H15N5O/c1-14-6-8(5-12-14)4-11-9-7-15(2)13-10(9)16-3/h5-7,11H,4H2,1-3H3. The van der Waals surface area contributed by atoms with Crippen molar-refractivity contribution in [3.63, 3.8) is 0 Å². The summed E-state index contributed by atoms with van der Waals surface area (Å²) < 4.78 is 8.63. The molecule has 2 aromatic heterocycles. The minimum absolute atomic E-state index is 0.603. The van der Waals surface area contributed by atoms with Crippen LogP contribution in [0, 0.1) is 0 Å². The number of nitrogens with one attached hydrogen (secondary N) is 1. The van der Waals surface area contributed by atoms with Gasteiger partial charge in [-0.3, -0.25) is 9.36 Å². The van der Waals surface area contributed by atoms with E-state index in [-0.39, 0.29) is 0 Å². The molecule has 0 saturated carbocycles. The van der Waals surface area contributed by atoms with Crippen molar-refractivity contribution in [1.29, 1.82) is 0 Å². The summed E-state index contributed by atoms with van der Waals surface area (Å²) in [6.07, 6.45) is 5.68. The van der Waals surface area contributed by atoms with Crippen LogP contribution in [0.4, 0.5) is 5.69 Å². The van der Waals surface area contributed by atoms with Crippen LogP contribution in [0.3, 0.4) is 0 Å². The summed E-state index contributed by atoms with van der Waals surface area (Å²) in [4.78, 5) is 0. The van der Waals surface area contributed by atoms with E-state index in [0.29, 0.717) is 12.4 Å². The number of rotatable bonds is 4. The number of aromatic nitrogens is 4. The van der Waals surface area contributed by atoms with Gasteiger partial charge in [0, 0.05) is 32.4 Å². The molecule has 2 rings (SSSR count). The van der Waals surface area contributed by atoms with Crippen molar-refractivity contribution in [1.82, 2.24) is 19.6 Å². The monoisotopic (exact) mass is 221 g/mol. The third-order valence-corrected chi connectivity index (χ3v) is 2.23. The summed E-state index contributed by atoms with van der Waals surface area (Å²) in [7, 11) is 5.36. The third-order valence-electron chi connectivity index (χ3n) is 2.23. The molecule has 6 heteroatoms. The maximum Gasteiger partial charge on any atom is 0.256 e. The van der Waals surface area contributed by atoms with Crippen molar-refractivity contribution in [3.05, 3.63) is 24.2 Å². The molecule has 0 bridgehead atoms. The molecular formula is C10H15N5O. The first kappa shape index (κ1) is 10.5. The molecular weight excluding hydrogens is 206 g/mol. The van der Waals surface area contributed by atoms with Crippen LogP contribution in [0.2, 0.25) is 0 Å². The maximum absolute atomic E-state index is 5.14. The van der Waals surface area contributed by atoms with E-state index in [4.69, 9.17) is 4.74 Å². The zero-order valence-electron chi connectivity index (χ0n) is 9.64. The van der Waals surface area contributed by atoms with Gasteiger partial charge < -0.3 is 10.1 Å². The van der Waals surface area contributed by atoms with Crippen LogP contribution in [-0.2, 0) is 20.6 Å². The average molecular weight is 221 g/mol. The van der Waals surface area contributed by atoms with Crippen LogP contribution in [-0.4, -0.2) is 26.7 Å². The summed E-state index contributed by atoms with van der Waals surface area (Å²) >= 11 is 0. The van der Waals surface area contributed by atoms with Gasteiger partial charge in [-0.2, -0.15) is 5.10 Å². The molecule has 0 radical (unpaired) electrons. The highest BCUT2D eigenvalue weighted by molar-refractivity contribution is 5.51. The first-order chi connectivity index (χ1) is 7.69. The van der Waals surface area contributed by atoms with Gasteiger partial charge in [0.2, 0.25) is 0 Å². The van der Waals surface area contributed by atoms with Gasteiger partial charge in [0.05, 0.1) is 19.5 Å². The molecule has 2 heterocycles. The molecule has 0 atom stereocenters. The number of anilines is 1. The second-order valence-electron chi connectivity index (χ2n) is 3.60. The van der Waals surface area contributed by atoms with Crippen LogP contribution >= 0.6 is 0 Å². The van der Waals surface area contributed by atoms with Gasteiger partial charge in [-0.1, -0.05) is 0 Å². The molecule has 0 aliphatic rings. The Morgan fingerprint density at radius 2 is 2.12 bits per heavy atom. The molecule has 0 amide bonds. The van der Waals surface area contributed by atoms with Crippen LogP contribution in [0.1, 0.15) is 5.56 Å². The minimum Gasteiger partial charge on any atom is -0.478 e. The normalized spacial score (nSPS) is 10.4. The van der Waals surface area contributed by atoms with Crippen molar-refractivity contribution in [2.75, 3.05) is 12.4 Å². The molecule has 0 unspecified atom stereocenters. The van der Waals surface area contributed by atoms with Crippen molar-refractivity contribution in [2.24, 2.45) is 14.1 Å². The molecule has 0 aliphatic carbocycles. The van der Waals surface area contributed by atoms with Crippen LogP contribution in [0.5, 0.6) is 5.88 Å². The van der Waals surface area contributed by atoms with E-state index < -0.39 is 0 Å². The van der Waals surface area contributed by atoms with Crippen molar-refractivity contribution in [3.8, 4) is 5.88 Å². The topological polar surface area (TPSA) is 56.9 Å². The highest BCUT2D eigenvalue weighted by atomic mass is 16.5. The van der Waals surface area contributed by atoms with E-state index in [0.717, 1.165) is 11.3 Å². The first-order valence-corrected chi connectivity index (χ1v) is 4.98. The molecule has 1 N–H and O–H groups in total. The smallest absolute Gasteiger partial charge is 0.256 e. The lowest BCUT2D eigenvalue weighted by atomic mass is 10.3. The Kier molecular flexibility index (Phi) is 2.80. The summed E-state index contributed by atoms with van der Waals surface area (Å²) in [5, 5.41) is 11.5. The van der Waals surface area contributed by atoms with Gasteiger partial charge in [0.25, 0.3) is 5.88 Å². The minimum atomic E-state index is 0.603. The van der Waals surface area contributed by atoms with E-state index in [9.17, 15) is 0 Å². The van der Waals surface area contributed by atoms with Crippen LogP contribution in [0.25, 0.3) is 0 Å². The zero-order chi connectivity index (χ0) is 11.5. The summed E-state index contributed by atoms with van der Waals surface area (Å²) in [6, 6.07) is 0. The van der Waals surface area contributed by atoms with E-state index in [1.54, 1.807) is 16.5 Å². The fourth-order valence-corrected chi connectivity index (χ4v) is 1.50. The Hall–Kier alpha value is -1.98. The second kappa shape index (κ2) is 4.26. The van der Waals surface area contributed by atoms with Gasteiger partial charge >= 0.3 is 0 Å². The van der Waals surface area contributed by atoms with E-state index in [1.807, 2.05) is 32.7 Å². The quantitative estimate of drug-likeness (QED) is 0.828. The predicted molar refractivity (Wildman–Crippen MR) is 60.3 cm³/mol. The van der Waals surface area contributed by atoms with Crippen molar-refractivity contribution >= 4 is 5.69 Å². The number of hydrogen-bond donors (Lipinski definition) is 1. The van der Waals surface area contributed by atoms with E-state index in [2.05, 4.69) is 15.5 Å². The van der Waals surface area contributed by atoms with Gasteiger partial charge in [0.15, 0.2) is 0 Å². The highest BCUT2D eigenvalue weighted by Crippen LogP contribution is 2.21. The average Bonchev–Trinajstić information content (AvgIpc) is 2.81. The lowest BCUT2D eigenvalue weighted by molar-refractivity contribution is 0.393. The number of nitrogens with zero attached hydrogens (tertiary/aromatic N) is 4. The Balaban J connectivity index is 2.04. The molecule has 0 aromatic carbocycles. The summed E-state index contributed by atoms with van der Waals surface area (Å²) in [5.41, 5.74) is 2.00. The third kappa shape index (κ3) is 2.16. The van der Waals surface area contributed by atoms with Crippen LogP contribution < -0.4 is 10.1 Å². The maximum atomic E-state index is 5.14. The molecule has 0 fully saturated rings. The zero-order valence-corrected chi connectivity index (χ0v) is 9.64. The van der Waals surface area contributed by atoms with E-state index in [1.165, 1.54) is 0 Å². The largest absolute Gasteiger partial charge is 0.478 e. The Labute approximate surface area is 93.8 Å². The van der Waals surface area contributed by atoms with Gasteiger partial charge in [-0.05, 0) is 0 Å². The summed E-state index contributed by atoms with van der Waals surface area (Å²) in [6.45, 7) is 0.704. The molecule has 0 saturated heterocycles. The van der Waals surface area contributed by atoms with Gasteiger partial charge in [-0.15, -0.1) is 5.10 Å². The van der Waals surface area contributed by atoms with Gasteiger partial charge in [-0.25, -0.2) is 0 Å². The Morgan fingerprint density at radius 3 is 2.75 bits per heavy atom. The predicted octanol–water partition coefficient (Wildman–Crippen LogP) is 0.774. The lowest BCUT2D eigenvalue weighted by Crippen LogP contribution is -1.99. The SMILES string of the molecule is COc1nn(C)cc1NCc1cnn(C)c1. The van der Waals surface area contributed by atoms with Crippen molar-refractivity contribution < 1.29 is 4.74 Å². The highest BCUT2D eigenvalue weighted by Gasteiger charge is 2.07. The molecule has 0 spiro atoms. The number of aryl methyl sites for hydroxylation is 2. The number of ether oxygens (including phenoxy) is 1. The molecule has 0 aliphatic heterocycles. The fraction of sp³-hybridized carbons (Fsp3) is 0.400. The Bertz CT molecular complexity index is 473. The molecule has 16 heavy (non-hydrogen) atoms.